The fourth-order valence-corrected chi connectivity index (χ4v) is 2.47. The summed E-state index contributed by atoms with van der Waals surface area (Å²) < 4.78 is 0.974. The molecular formula is C12H14BrNO2. The smallest absolute Gasteiger partial charge is 0.311 e. The molecule has 3 N–H and O–H groups in total. The molecule has 1 aromatic carbocycles. The third-order valence-corrected chi connectivity index (χ3v) is 4.02. The summed E-state index contributed by atoms with van der Waals surface area (Å²) in [5, 5.41) is 9.28. The zero-order valence-electron chi connectivity index (χ0n) is 8.82. The highest BCUT2D eigenvalue weighted by Crippen LogP contribution is 2.49. The highest BCUT2D eigenvalue weighted by molar-refractivity contribution is 9.10. The molecule has 86 valence electrons. The van der Waals surface area contributed by atoms with Gasteiger partial charge in [0.25, 0.3) is 0 Å². The topological polar surface area (TPSA) is 63.3 Å². The second kappa shape index (κ2) is 4.18. The Bertz CT molecular complexity index is 398. The lowest BCUT2D eigenvalue weighted by molar-refractivity contribution is -0.156. The first-order valence-electron chi connectivity index (χ1n) is 5.31. The summed E-state index contributed by atoms with van der Waals surface area (Å²) in [5.74, 6) is -0.769. The minimum absolute atomic E-state index is 0.410. The van der Waals surface area contributed by atoms with E-state index < -0.39 is 17.4 Å². The van der Waals surface area contributed by atoms with Gasteiger partial charge in [0, 0.05) is 10.5 Å². The zero-order valence-corrected chi connectivity index (χ0v) is 10.4. The lowest BCUT2D eigenvalue weighted by Crippen LogP contribution is -2.46. The van der Waals surface area contributed by atoms with Crippen LogP contribution in [0.5, 0.6) is 0 Å². The monoisotopic (exact) mass is 283 g/mol. The first kappa shape index (κ1) is 11.6. The van der Waals surface area contributed by atoms with Crippen molar-refractivity contribution in [3.63, 3.8) is 0 Å². The summed E-state index contributed by atoms with van der Waals surface area (Å²) in [5.41, 5.74) is 6.24. The van der Waals surface area contributed by atoms with Crippen LogP contribution in [0.2, 0.25) is 0 Å². The van der Waals surface area contributed by atoms with Crippen LogP contribution in [0.1, 0.15) is 30.9 Å². The SMILES string of the molecule is NC(c1ccc(Br)cc1)C1(C(=O)O)CCC1. The Balaban J connectivity index is 2.27. The van der Waals surface area contributed by atoms with Crippen molar-refractivity contribution in [3.8, 4) is 0 Å². The Hall–Kier alpha value is -0.870. The van der Waals surface area contributed by atoms with Crippen LogP contribution in [0.15, 0.2) is 28.7 Å². The Morgan fingerprint density at radius 2 is 1.94 bits per heavy atom. The maximum atomic E-state index is 11.3. The molecule has 1 unspecified atom stereocenters. The number of hydrogen-bond donors (Lipinski definition) is 2. The molecule has 0 heterocycles. The van der Waals surface area contributed by atoms with Crippen LogP contribution in [0.3, 0.4) is 0 Å². The van der Waals surface area contributed by atoms with Crippen LogP contribution in [-0.4, -0.2) is 11.1 Å². The van der Waals surface area contributed by atoms with E-state index in [1.165, 1.54) is 0 Å². The van der Waals surface area contributed by atoms with Crippen molar-refractivity contribution in [1.82, 2.24) is 0 Å². The third-order valence-electron chi connectivity index (χ3n) is 3.50. The molecule has 0 aliphatic heterocycles. The van der Waals surface area contributed by atoms with Crippen LogP contribution in [0.4, 0.5) is 0 Å². The van der Waals surface area contributed by atoms with Crippen LogP contribution in [-0.2, 0) is 4.79 Å². The zero-order chi connectivity index (χ0) is 11.8. The molecule has 3 nitrogen and oxygen atoms in total. The van der Waals surface area contributed by atoms with Gasteiger partial charge in [0.05, 0.1) is 5.41 Å². The first-order chi connectivity index (χ1) is 7.56. The minimum atomic E-state index is -0.769. The minimum Gasteiger partial charge on any atom is -0.481 e. The normalized spacial score (nSPS) is 19.9. The van der Waals surface area contributed by atoms with Crippen molar-refractivity contribution >= 4 is 21.9 Å². The molecule has 16 heavy (non-hydrogen) atoms. The summed E-state index contributed by atoms with van der Waals surface area (Å²) in [6, 6.07) is 7.15. The average molecular weight is 284 g/mol. The second-order valence-electron chi connectivity index (χ2n) is 4.34. The number of halogens is 1. The molecule has 1 aromatic rings. The summed E-state index contributed by atoms with van der Waals surface area (Å²) >= 11 is 3.35. The van der Waals surface area contributed by atoms with E-state index in [1.54, 1.807) is 0 Å². The van der Waals surface area contributed by atoms with E-state index in [0.717, 1.165) is 16.5 Å². The summed E-state index contributed by atoms with van der Waals surface area (Å²) in [4.78, 5) is 11.3. The van der Waals surface area contributed by atoms with Crippen molar-refractivity contribution in [2.45, 2.75) is 25.3 Å². The molecule has 1 aliphatic rings. The lowest BCUT2D eigenvalue weighted by atomic mass is 9.62. The maximum absolute atomic E-state index is 11.3. The third kappa shape index (κ3) is 1.76. The first-order valence-corrected chi connectivity index (χ1v) is 6.10. The largest absolute Gasteiger partial charge is 0.481 e. The van der Waals surface area contributed by atoms with E-state index in [0.29, 0.717) is 12.8 Å². The van der Waals surface area contributed by atoms with E-state index in [-0.39, 0.29) is 0 Å². The predicted octanol–water partition coefficient (Wildman–Crippen LogP) is 2.70. The van der Waals surface area contributed by atoms with Gasteiger partial charge in [0.1, 0.15) is 0 Å². The van der Waals surface area contributed by atoms with Crippen LogP contribution < -0.4 is 5.73 Å². The van der Waals surface area contributed by atoms with E-state index >= 15 is 0 Å². The van der Waals surface area contributed by atoms with Gasteiger partial charge in [-0.05, 0) is 30.5 Å². The van der Waals surface area contributed by atoms with E-state index in [1.807, 2.05) is 24.3 Å². The van der Waals surface area contributed by atoms with Crippen molar-refractivity contribution in [2.24, 2.45) is 11.1 Å². The Kier molecular flexibility index (Phi) is 3.04. The molecule has 2 rings (SSSR count). The van der Waals surface area contributed by atoms with Crippen molar-refractivity contribution in [1.29, 1.82) is 0 Å². The van der Waals surface area contributed by atoms with Crippen molar-refractivity contribution < 1.29 is 9.90 Å². The van der Waals surface area contributed by atoms with Gasteiger partial charge in [-0.1, -0.05) is 34.5 Å². The molecule has 0 radical (unpaired) electrons. The van der Waals surface area contributed by atoms with Gasteiger partial charge in [-0.3, -0.25) is 4.79 Å². The Morgan fingerprint density at radius 1 is 1.38 bits per heavy atom. The van der Waals surface area contributed by atoms with E-state index in [4.69, 9.17) is 5.73 Å². The number of hydrogen-bond acceptors (Lipinski definition) is 2. The van der Waals surface area contributed by atoms with Crippen LogP contribution >= 0.6 is 15.9 Å². The van der Waals surface area contributed by atoms with E-state index in [2.05, 4.69) is 15.9 Å². The fraction of sp³-hybridized carbons (Fsp3) is 0.417. The van der Waals surface area contributed by atoms with Gasteiger partial charge < -0.3 is 10.8 Å². The Morgan fingerprint density at radius 3 is 2.31 bits per heavy atom. The standard InChI is InChI=1S/C12H14BrNO2/c13-9-4-2-8(3-5-9)10(14)12(11(15)16)6-1-7-12/h2-5,10H,1,6-7,14H2,(H,15,16). The van der Waals surface area contributed by atoms with E-state index in [9.17, 15) is 9.90 Å². The highest BCUT2D eigenvalue weighted by Gasteiger charge is 2.49. The van der Waals surface area contributed by atoms with Crippen LogP contribution in [0, 0.1) is 5.41 Å². The second-order valence-corrected chi connectivity index (χ2v) is 5.26. The lowest BCUT2D eigenvalue weighted by Gasteiger charge is -2.42. The van der Waals surface area contributed by atoms with Gasteiger partial charge in [-0.25, -0.2) is 0 Å². The molecule has 4 heteroatoms. The fourth-order valence-electron chi connectivity index (χ4n) is 2.20. The molecule has 0 spiro atoms. The average Bonchev–Trinajstić information content (AvgIpc) is 2.16. The molecule has 1 saturated carbocycles. The molecule has 0 aromatic heterocycles. The number of aliphatic carboxylic acids is 1. The number of nitrogens with two attached hydrogens (primary N) is 1. The van der Waals surface area contributed by atoms with Crippen LogP contribution in [0.25, 0.3) is 0 Å². The molecule has 0 bridgehead atoms. The molecule has 1 aliphatic carbocycles. The Labute approximate surface area is 103 Å². The summed E-state index contributed by atoms with van der Waals surface area (Å²) in [6.45, 7) is 0. The molecule has 1 fully saturated rings. The highest BCUT2D eigenvalue weighted by atomic mass is 79.9. The molecule has 0 saturated heterocycles. The van der Waals surface area contributed by atoms with Crippen molar-refractivity contribution in [2.75, 3.05) is 0 Å². The van der Waals surface area contributed by atoms with Gasteiger partial charge in [-0.15, -0.1) is 0 Å². The maximum Gasteiger partial charge on any atom is 0.311 e. The van der Waals surface area contributed by atoms with Gasteiger partial charge >= 0.3 is 5.97 Å². The van der Waals surface area contributed by atoms with Gasteiger partial charge in [0.15, 0.2) is 0 Å². The molecule has 0 amide bonds. The van der Waals surface area contributed by atoms with Gasteiger partial charge in [-0.2, -0.15) is 0 Å². The molecule has 1 atom stereocenters. The summed E-state index contributed by atoms with van der Waals surface area (Å²) in [6.07, 6.45) is 2.32. The van der Waals surface area contributed by atoms with Gasteiger partial charge in [0.2, 0.25) is 0 Å². The van der Waals surface area contributed by atoms with Crippen molar-refractivity contribution in [3.05, 3.63) is 34.3 Å². The number of carbonyl (C=O) groups is 1. The summed E-state index contributed by atoms with van der Waals surface area (Å²) in [7, 11) is 0. The number of rotatable bonds is 3. The number of carboxylic acids is 1. The number of carboxylic acid groups (broad SMARTS) is 1. The quantitative estimate of drug-likeness (QED) is 0.897. The number of benzene rings is 1. The predicted molar refractivity (Wildman–Crippen MR) is 65.0 cm³/mol. The molecular weight excluding hydrogens is 270 g/mol.